The molecule has 5 N–H and O–H groups in total. The predicted molar refractivity (Wildman–Crippen MR) is 127 cm³/mol. The first kappa shape index (κ1) is 30.3. The summed E-state index contributed by atoms with van der Waals surface area (Å²) in [6, 6.07) is -1.16. The molecule has 2 unspecified atom stereocenters. The third-order valence-corrected chi connectivity index (χ3v) is 5.47. The molecule has 1 fully saturated rings. The SMILES string of the molecule is CC(=O)CCCCCC(NC(=O)OC(C)(C)C)C(=O)Nc1nc(=O)n([C@@H]2O[C@H](CO)C(O)[C@@H]2O)cc1F. The Morgan fingerprint density at radius 1 is 1.22 bits per heavy atom. The monoisotopic (exact) mass is 530 g/mol. The second kappa shape index (κ2) is 13.0. The molecule has 1 aromatic rings. The maximum atomic E-state index is 14.8. The van der Waals surface area contributed by atoms with E-state index in [-0.39, 0.29) is 12.2 Å². The highest BCUT2D eigenvalue weighted by Crippen LogP contribution is 2.28. The highest BCUT2D eigenvalue weighted by molar-refractivity contribution is 5.95. The van der Waals surface area contributed by atoms with E-state index in [1.165, 1.54) is 6.92 Å². The molecule has 2 heterocycles. The minimum atomic E-state index is -1.64. The molecule has 14 heteroatoms. The molecule has 208 valence electrons. The minimum absolute atomic E-state index is 0.0365. The molecule has 5 atom stereocenters. The number of carbonyl (C=O) groups excluding carboxylic acids is 3. The van der Waals surface area contributed by atoms with Gasteiger partial charge in [0.05, 0.1) is 12.8 Å². The second-order valence-corrected chi connectivity index (χ2v) is 9.85. The van der Waals surface area contributed by atoms with Crippen molar-refractivity contribution in [3.05, 3.63) is 22.5 Å². The molecular weight excluding hydrogens is 495 g/mol. The number of ether oxygens (including phenoxy) is 2. The fourth-order valence-corrected chi connectivity index (χ4v) is 3.65. The van der Waals surface area contributed by atoms with E-state index in [9.17, 15) is 38.9 Å². The van der Waals surface area contributed by atoms with Gasteiger partial charge in [-0.3, -0.25) is 9.36 Å². The van der Waals surface area contributed by atoms with E-state index in [1.54, 1.807) is 20.8 Å². The lowest BCUT2D eigenvalue weighted by Gasteiger charge is -2.23. The van der Waals surface area contributed by atoms with Crippen LogP contribution >= 0.6 is 0 Å². The third kappa shape index (κ3) is 8.84. The molecule has 0 saturated carbocycles. The van der Waals surface area contributed by atoms with Gasteiger partial charge >= 0.3 is 11.8 Å². The number of unbranched alkanes of at least 4 members (excludes halogenated alkanes) is 2. The van der Waals surface area contributed by atoms with E-state index in [0.717, 1.165) is 0 Å². The number of hydrogen-bond acceptors (Lipinski definition) is 10. The molecule has 37 heavy (non-hydrogen) atoms. The maximum Gasteiger partial charge on any atom is 0.408 e. The number of amides is 2. The molecule has 1 saturated heterocycles. The first-order valence-electron chi connectivity index (χ1n) is 11.9. The van der Waals surface area contributed by atoms with E-state index >= 15 is 0 Å². The van der Waals surface area contributed by atoms with Crippen LogP contribution in [0, 0.1) is 5.82 Å². The van der Waals surface area contributed by atoms with Crippen molar-refractivity contribution in [2.75, 3.05) is 11.9 Å². The summed E-state index contributed by atoms with van der Waals surface area (Å²) in [7, 11) is 0. The highest BCUT2D eigenvalue weighted by Gasteiger charge is 2.44. The summed E-state index contributed by atoms with van der Waals surface area (Å²) in [6.07, 6.45) is -3.88. The first-order chi connectivity index (χ1) is 17.2. The smallest absolute Gasteiger partial charge is 0.408 e. The molecule has 2 rings (SSSR count). The number of nitrogens with zero attached hydrogens (tertiary/aromatic N) is 2. The fraction of sp³-hybridized carbons (Fsp3) is 0.696. The van der Waals surface area contributed by atoms with Gasteiger partial charge < -0.3 is 40.2 Å². The Morgan fingerprint density at radius 2 is 1.89 bits per heavy atom. The van der Waals surface area contributed by atoms with Crippen molar-refractivity contribution >= 4 is 23.6 Å². The third-order valence-electron chi connectivity index (χ3n) is 5.47. The number of Topliss-reactive ketones (excluding diaryl/α,β-unsaturated/α-hetero) is 1. The zero-order chi connectivity index (χ0) is 27.9. The quantitative estimate of drug-likeness (QED) is 0.250. The Kier molecular flexibility index (Phi) is 10.7. The molecule has 0 radical (unpaired) electrons. The van der Waals surface area contributed by atoms with Crippen LogP contribution in [0.2, 0.25) is 0 Å². The molecule has 1 aliphatic heterocycles. The van der Waals surface area contributed by atoms with Crippen molar-refractivity contribution in [2.24, 2.45) is 0 Å². The zero-order valence-corrected chi connectivity index (χ0v) is 21.3. The number of alkyl carbamates (subject to hydrolysis) is 1. The number of ketones is 1. The number of nitrogens with one attached hydrogen (secondary N) is 2. The van der Waals surface area contributed by atoms with Crippen molar-refractivity contribution in [3.8, 4) is 0 Å². The van der Waals surface area contributed by atoms with Crippen LogP contribution < -0.4 is 16.3 Å². The van der Waals surface area contributed by atoms with Crippen molar-refractivity contribution in [1.82, 2.24) is 14.9 Å². The number of halogens is 1. The number of carbonyl (C=O) groups is 3. The molecule has 1 aromatic heterocycles. The number of aliphatic hydroxyl groups excluding tert-OH is 3. The summed E-state index contributed by atoms with van der Waals surface area (Å²) in [5.74, 6) is -2.68. The molecule has 0 aromatic carbocycles. The Bertz CT molecular complexity index is 1030. The molecule has 1 aliphatic rings. The van der Waals surface area contributed by atoms with E-state index in [0.29, 0.717) is 36.4 Å². The Morgan fingerprint density at radius 3 is 2.46 bits per heavy atom. The first-order valence-corrected chi connectivity index (χ1v) is 11.9. The van der Waals surface area contributed by atoms with E-state index in [2.05, 4.69) is 15.6 Å². The maximum absolute atomic E-state index is 14.8. The van der Waals surface area contributed by atoms with Crippen molar-refractivity contribution in [3.63, 3.8) is 0 Å². The normalized spacial score (nSPS) is 22.4. The molecule has 0 spiro atoms. The van der Waals surface area contributed by atoms with Crippen LogP contribution in [0.1, 0.15) is 66.0 Å². The zero-order valence-electron chi connectivity index (χ0n) is 21.3. The number of hydrogen-bond donors (Lipinski definition) is 5. The van der Waals surface area contributed by atoms with Crippen LogP contribution in [0.25, 0.3) is 0 Å². The summed E-state index contributed by atoms with van der Waals surface area (Å²) < 4.78 is 25.8. The van der Waals surface area contributed by atoms with Crippen molar-refractivity contribution in [2.45, 2.75) is 96.0 Å². The van der Waals surface area contributed by atoms with Crippen molar-refractivity contribution in [1.29, 1.82) is 0 Å². The van der Waals surface area contributed by atoms with Gasteiger partial charge in [-0.15, -0.1) is 0 Å². The Labute approximate surface area is 213 Å². The van der Waals surface area contributed by atoms with Gasteiger partial charge in [0.25, 0.3) is 0 Å². The van der Waals surface area contributed by atoms with Gasteiger partial charge in [0.2, 0.25) is 5.91 Å². The Balaban J connectivity index is 2.16. The summed E-state index contributed by atoms with van der Waals surface area (Å²) in [5.41, 5.74) is -1.94. The summed E-state index contributed by atoms with van der Waals surface area (Å²) in [6.45, 7) is 5.76. The number of anilines is 1. The Hall–Kier alpha value is -2.94. The molecule has 0 aliphatic carbocycles. The lowest BCUT2D eigenvalue weighted by atomic mass is 10.1. The number of aromatic nitrogens is 2. The van der Waals surface area contributed by atoms with Gasteiger partial charge in [-0.2, -0.15) is 4.98 Å². The lowest BCUT2D eigenvalue weighted by molar-refractivity contribution is -0.119. The van der Waals surface area contributed by atoms with Gasteiger partial charge in [0.15, 0.2) is 17.9 Å². The molecule has 2 amide bonds. The molecular formula is C23H35FN4O9. The van der Waals surface area contributed by atoms with Crippen LogP contribution in [0.4, 0.5) is 15.0 Å². The molecule has 13 nitrogen and oxygen atoms in total. The summed E-state index contributed by atoms with van der Waals surface area (Å²) in [5, 5.41) is 33.8. The summed E-state index contributed by atoms with van der Waals surface area (Å²) in [4.78, 5) is 52.2. The van der Waals surface area contributed by atoms with Gasteiger partial charge in [0, 0.05) is 6.42 Å². The highest BCUT2D eigenvalue weighted by atomic mass is 19.1. The van der Waals surface area contributed by atoms with Gasteiger partial charge in [-0.25, -0.2) is 14.0 Å². The van der Waals surface area contributed by atoms with Crippen LogP contribution in [0.15, 0.2) is 11.0 Å². The number of aliphatic hydroxyl groups is 3. The van der Waals surface area contributed by atoms with Crippen LogP contribution in [0.3, 0.4) is 0 Å². The van der Waals surface area contributed by atoms with Crippen LogP contribution in [-0.2, 0) is 19.1 Å². The van der Waals surface area contributed by atoms with E-state index < -0.39 is 72.1 Å². The van der Waals surface area contributed by atoms with Crippen LogP contribution in [-0.4, -0.2) is 79.2 Å². The van der Waals surface area contributed by atoms with Crippen molar-refractivity contribution < 1.29 is 43.6 Å². The predicted octanol–water partition coefficient (Wildman–Crippen LogP) is 0.365. The number of rotatable bonds is 11. The van der Waals surface area contributed by atoms with Gasteiger partial charge in [-0.1, -0.05) is 12.8 Å². The largest absolute Gasteiger partial charge is 0.444 e. The molecule has 0 bridgehead atoms. The fourth-order valence-electron chi connectivity index (χ4n) is 3.65. The van der Waals surface area contributed by atoms with E-state index in [4.69, 9.17) is 9.47 Å². The van der Waals surface area contributed by atoms with E-state index in [1.807, 2.05) is 0 Å². The van der Waals surface area contributed by atoms with Gasteiger partial charge in [0.1, 0.15) is 35.7 Å². The average Bonchev–Trinajstić information content (AvgIpc) is 3.07. The second-order valence-electron chi connectivity index (χ2n) is 9.85. The lowest BCUT2D eigenvalue weighted by Crippen LogP contribution is -2.46. The minimum Gasteiger partial charge on any atom is -0.444 e. The average molecular weight is 531 g/mol. The standard InChI is InChI=1S/C23H35FN4O9/c1-12(30)8-6-5-7-9-14(25-22(35)37-23(2,3)4)19(33)26-18-13(24)10-28(21(34)27-18)20-17(32)16(31)15(11-29)36-20/h10,14-17,20,29,31-32H,5-9,11H2,1-4H3,(H,25,35)(H,26,27,33,34)/t14?,15-,16?,17+,20-/m1/s1. The van der Waals surface area contributed by atoms with Crippen LogP contribution in [0.5, 0.6) is 0 Å². The summed E-state index contributed by atoms with van der Waals surface area (Å²) >= 11 is 0. The van der Waals surface area contributed by atoms with Gasteiger partial charge in [-0.05, 0) is 40.5 Å². The topological polar surface area (TPSA) is 189 Å².